The molecule has 1 aliphatic heterocycles. The summed E-state index contributed by atoms with van der Waals surface area (Å²) in [7, 11) is 0. The van der Waals surface area contributed by atoms with Crippen LogP contribution in [0.3, 0.4) is 0 Å². The van der Waals surface area contributed by atoms with Gasteiger partial charge in [-0.15, -0.1) is 0 Å². The zero-order chi connectivity index (χ0) is 37.3. The molecule has 0 N–H and O–H groups in total. The predicted octanol–water partition coefficient (Wildman–Crippen LogP) is 7.69. The maximum absolute atomic E-state index is 13.3. The van der Waals surface area contributed by atoms with Crippen molar-refractivity contribution >= 4 is 23.9 Å². The van der Waals surface area contributed by atoms with Crippen LogP contribution in [0.4, 0.5) is 0 Å². The summed E-state index contributed by atoms with van der Waals surface area (Å²) in [5.74, 6) is -2.19. The predicted molar refractivity (Wildman–Crippen MR) is 183 cm³/mol. The zero-order valence-electron chi connectivity index (χ0n) is 30.0. The largest absolute Gasteiger partial charge is 0.460 e. The summed E-state index contributed by atoms with van der Waals surface area (Å²) in [5.41, 5.74) is -3.08. The molecular weight excluding hydrogens is 688 g/mol. The van der Waals surface area contributed by atoms with Crippen molar-refractivity contribution < 1.29 is 60.5 Å². The van der Waals surface area contributed by atoms with Crippen molar-refractivity contribution in [3.8, 4) is 0 Å². The highest BCUT2D eigenvalue weighted by atomic mass is 16.6. The van der Waals surface area contributed by atoms with E-state index in [4.69, 9.17) is 41.4 Å². The van der Waals surface area contributed by atoms with Gasteiger partial charge in [-0.3, -0.25) is 0 Å². The lowest BCUT2D eigenvalue weighted by atomic mass is 9.43. The van der Waals surface area contributed by atoms with E-state index in [0.717, 1.165) is 12.8 Å². The second kappa shape index (κ2) is 14.4. The van der Waals surface area contributed by atoms with Crippen molar-refractivity contribution in [2.75, 3.05) is 19.8 Å². The van der Waals surface area contributed by atoms with Gasteiger partial charge in [0.25, 0.3) is 0 Å². The maximum atomic E-state index is 13.3. The molecule has 0 bridgehead atoms. The summed E-state index contributed by atoms with van der Waals surface area (Å²) >= 11 is 0. The standard InChI is InChI=1S/C40H44O13/c1-26-12-13-31-37(2,24-50-34(42)28-9-5-20-46-28)32(52-36(44)30-11-7-22-48-30)14-15-38(31,3)40(26)17-16-39(53-40,25-51-35(43)29-10-6-21-47-29)18-23-49-33(41)27-8-4-19-45-27/h4-11,19-22,26,31-32H,12-18,23-25H2,1-3H3/t26-,31?,32+,37+,38+,39?,40+/m1/s1. The summed E-state index contributed by atoms with van der Waals surface area (Å²) in [5, 5.41) is 0. The molecule has 1 saturated heterocycles. The van der Waals surface area contributed by atoms with Crippen molar-refractivity contribution in [1.29, 1.82) is 0 Å². The van der Waals surface area contributed by atoms with E-state index in [1.807, 2.05) is 6.92 Å². The third kappa shape index (κ3) is 6.71. The fourth-order valence-electron chi connectivity index (χ4n) is 9.37. The highest BCUT2D eigenvalue weighted by Crippen LogP contribution is 2.68. The second-order valence-corrected chi connectivity index (χ2v) is 15.0. The van der Waals surface area contributed by atoms with Crippen LogP contribution < -0.4 is 0 Å². The van der Waals surface area contributed by atoms with Crippen molar-refractivity contribution in [2.24, 2.45) is 22.7 Å². The molecule has 13 nitrogen and oxygen atoms in total. The number of carbonyl (C=O) groups excluding carboxylic acids is 4. The Labute approximate surface area is 306 Å². The van der Waals surface area contributed by atoms with Gasteiger partial charge in [-0.1, -0.05) is 20.8 Å². The molecule has 4 aromatic heterocycles. The van der Waals surface area contributed by atoms with Gasteiger partial charge in [-0.2, -0.15) is 0 Å². The minimum Gasteiger partial charge on any atom is -0.460 e. The smallest absolute Gasteiger partial charge is 0.374 e. The van der Waals surface area contributed by atoms with Gasteiger partial charge in [0, 0.05) is 17.3 Å². The molecule has 4 aromatic rings. The van der Waals surface area contributed by atoms with Crippen LogP contribution in [0.1, 0.15) is 108 Å². The molecule has 2 aliphatic carbocycles. The summed E-state index contributed by atoms with van der Waals surface area (Å²) < 4.78 is 52.1. The first kappa shape index (κ1) is 36.3. The Morgan fingerprint density at radius 3 is 1.74 bits per heavy atom. The van der Waals surface area contributed by atoms with Crippen LogP contribution in [-0.2, 0) is 23.7 Å². The lowest BCUT2D eigenvalue weighted by molar-refractivity contribution is -0.271. The fraction of sp³-hybridized carbons (Fsp3) is 0.500. The van der Waals surface area contributed by atoms with Gasteiger partial charge in [0.2, 0.25) is 23.0 Å². The van der Waals surface area contributed by atoms with E-state index in [1.165, 1.54) is 43.3 Å². The monoisotopic (exact) mass is 732 g/mol. The van der Waals surface area contributed by atoms with Gasteiger partial charge in [-0.25, -0.2) is 19.2 Å². The number of hydrogen-bond donors (Lipinski definition) is 0. The van der Waals surface area contributed by atoms with Gasteiger partial charge < -0.3 is 41.4 Å². The van der Waals surface area contributed by atoms with Crippen LogP contribution in [-0.4, -0.2) is 61.0 Å². The van der Waals surface area contributed by atoms with E-state index in [2.05, 4.69) is 13.8 Å². The Hall–Kier alpha value is -5.04. The molecule has 13 heteroatoms. The molecule has 282 valence electrons. The molecule has 1 spiro atoms. The number of ether oxygens (including phenoxy) is 5. The summed E-state index contributed by atoms with van der Waals surface area (Å²) in [4.78, 5) is 52.1. The lowest BCUT2D eigenvalue weighted by Crippen LogP contribution is -2.67. The van der Waals surface area contributed by atoms with Crippen LogP contribution in [0, 0.1) is 22.7 Å². The number of rotatable bonds is 12. The lowest BCUT2D eigenvalue weighted by Gasteiger charge is -2.65. The van der Waals surface area contributed by atoms with Crippen molar-refractivity contribution in [3.05, 3.63) is 96.6 Å². The van der Waals surface area contributed by atoms with Gasteiger partial charge in [0.05, 0.1) is 37.3 Å². The Morgan fingerprint density at radius 2 is 1.19 bits per heavy atom. The topological polar surface area (TPSA) is 167 Å². The summed E-state index contributed by atoms with van der Waals surface area (Å²) in [6.45, 7) is 6.26. The normalized spacial score (nSPS) is 30.7. The molecule has 0 amide bonds. The number of fused-ring (bicyclic) bond motifs is 2. The highest BCUT2D eigenvalue weighted by Gasteiger charge is 2.70. The number of furan rings is 4. The van der Waals surface area contributed by atoms with Gasteiger partial charge >= 0.3 is 23.9 Å². The van der Waals surface area contributed by atoms with Gasteiger partial charge in [-0.05, 0) is 98.9 Å². The minimum absolute atomic E-state index is 0.00626. The van der Waals surface area contributed by atoms with Crippen molar-refractivity contribution in [1.82, 2.24) is 0 Å². The van der Waals surface area contributed by atoms with Crippen LogP contribution in [0.25, 0.3) is 0 Å². The highest BCUT2D eigenvalue weighted by molar-refractivity contribution is 5.87. The number of esters is 4. The molecule has 7 rings (SSSR count). The Kier molecular flexibility index (Phi) is 9.88. The van der Waals surface area contributed by atoms with Crippen LogP contribution in [0.15, 0.2) is 91.3 Å². The van der Waals surface area contributed by atoms with E-state index < -0.39 is 52.0 Å². The maximum Gasteiger partial charge on any atom is 0.374 e. The SMILES string of the molecule is C[C@@H]1CCC2[C@](C)(COC(=O)c3ccco3)[C@@H](OC(=O)c3ccco3)CC[C@]2(C)[C@]12CCC(CCOC(=O)c1ccco1)(COC(=O)c1ccco1)O2. The van der Waals surface area contributed by atoms with Crippen LogP contribution in [0.2, 0.25) is 0 Å². The van der Waals surface area contributed by atoms with Crippen molar-refractivity contribution in [3.63, 3.8) is 0 Å². The molecule has 3 aliphatic rings. The third-order valence-corrected chi connectivity index (χ3v) is 12.1. The van der Waals surface area contributed by atoms with E-state index >= 15 is 0 Å². The summed E-state index contributed by atoms with van der Waals surface area (Å²) in [6.07, 6.45) is 9.04. The minimum atomic E-state index is -1.00. The fourth-order valence-corrected chi connectivity index (χ4v) is 9.37. The second-order valence-electron chi connectivity index (χ2n) is 15.0. The average molecular weight is 733 g/mol. The van der Waals surface area contributed by atoms with E-state index in [0.29, 0.717) is 25.7 Å². The van der Waals surface area contributed by atoms with Crippen LogP contribution in [0.5, 0.6) is 0 Å². The quantitative estimate of drug-likeness (QED) is 0.103. The molecule has 2 unspecified atom stereocenters. The Morgan fingerprint density at radius 1 is 0.660 bits per heavy atom. The molecular formula is C40H44O13. The molecule has 2 saturated carbocycles. The van der Waals surface area contributed by atoms with Crippen molar-refractivity contribution in [2.45, 2.75) is 83.0 Å². The number of carbonyl (C=O) groups is 4. The molecule has 53 heavy (non-hydrogen) atoms. The molecule has 0 aromatic carbocycles. The summed E-state index contributed by atoms with van der Waals surface area (Å²) in [6, 6.07) is 12.6. The first-order valence-corrected chi connectivity index (χ1v) is 18.1. The first-order valence-electron chi connectivity index (χ1n) is 18.1. The third-order valence-electron chi connectivity index (χ3n) is 12.1. The van der Waals surface area contributed by atoms with Gasteiger partial charge in [0.15, 0.2) is 0 Å². The van der Waals surface area contributed by atoms with Crippen LogP contribution >= 0.6 is 0 Å². The van der Waals surface area contributed by atoms with E-state index in [1.54, 1.807) is 30.3 Å². The van der Waals surface area contributed by atoms with E-state index in [-0.39, 0.29) is 61.1 Å². The average Bonchev–Trinajstić information content (AvgIpc) is 4.00. The zero-order valence-corrected chi connectivity index (χ0v) is 30.0. The first-order chi connectivity index (χ1) is 25.5. The number of hydrogen-bond acceptors (Lipinski definition) is 13. The molecule has 5 heterocycles. The Balaban J connectivity index is 1.18. The molecule has 3 fully saturated rings. The molecule has 0 radical (unpaired) electrons. The molecule has 7 atom stereocenters. The Bertz CT molecular complexity index is 1860. The van der Waals surface area contributed by atoms with Gasteiger partial charge in [0.1, 0.15) is 24.9 Å². The van der Waals surface area contributed by atoms with E-state index in [9.17, 15) is 19.2 Å².